The number of imidazole rings is 1. The van der Waals surface area contributed by atoms with Gasteiger partial charge in [-0.1, -0.05) is 32.6 Å². The average molecular weight is 206 g/mol. The summed E-state index contributed by atoms with van der Waals surface area (Å²) in [6.07, 6.45) is 14.8. The predicted molar refractivity (Wildman–Crippen MR) is 63.0 cm³/mol. The van der Waals surface area contributed by atoms with Crippen LogP contribution in [0.25, 0.3) is 0 Å². The third-order valence-corrected chi connectivity index (χ3v) is 3.44. The minimum absolute atomic E-state index is 0.733. The zero-order valence-electron chi connectivity index (χ0n) is 9.78. The highest BCUT2D eigenvalue weighted by Crippen LogP contribution is 2.28. The van der Waals surface area contributed by atoms with E-state index in [0.717, 1.165) is 12.5 Å². The quantitative estimate of drug-likeness (QED) is 0.689. The second kappa shape index (κ2) is 5.34. The highest BCUT2D eigenvalue weighted by molar-refractivity contribution is 4.95. The van der Waals surface area contributed by atoms with Gasteiger partial charge in [0, 0.05) is 24.9 Å². The minimum atomic E-state index is 0.733. The van der Waals surface area contributed by atoms with E-state index in [4.69, 9.17) is 0 Å². The maximum atomic E-state index is 4.47. The topological polar surface area (TPSA) is 17.8 Å². The molecule has 0 spiro atoms. The van der Waals surface area contributed by atoms with Gasteiger partial charge in [0.25, 0.3) is 0 Å². The van der Waals surface area contributed by atoms with Gasteiger partial charge in [-0.05, 0) is 19.3 Å². The molecule has 0 aromatic carbocycles. The third kappa shape index (κ3) is 2.61. The number of hydrogen-bond acceptors (Lipinski definition) is 1. The minimum Gasteiger partial charge on any atom is -0.332 e. The number of rotatable bonds is 3. The van der Waals surface area contributed by atoms with Crippen molar-refractivity contribution < 1.29 is 0 Å². The monoisotopic (exact) mass is 206 g/mol. The van der Waals surface area contributed by atoms with Crippen LogP contribution in [0.5, 0.6) is 0 Å². The van der Waals surface area contributed by atoms with Crippen LogP contribution < -0.4 is 0 Å². The first-order chi connectivity index (χ1) is 7.42. The lowest BCUT2D eigenvalue weighted by Gasteiger charge is -2.18. The lowest BCUT2D eigenvalue weighted by atomic mass is 10.1. The summed E-state index contributed by atoms with van der Waals surface area (Å²) in [7, 11) is 0. The van der Waals surface area contributed by atoms with Crippen molar-refractivity contribution in [3.8, 4) is 0 Å². The van der Waals surface area contributed by atoms with E-state index in [9.17, 15) is 0 Å². The maximum absolute atomic E-state index is 4.47. The van der Waals surface area contributed by atoms with Gasteiger partial charge in [0.2, 0.25) is 0 Å². The van der Waals surface area contributed by atoms with E-state index in [1.54, 1.807) is 0 Å². The van der Waals surface area contributed by atoms with Crippen LogP contribution in [-0.2, 0) is 6.42 Å². The molecule has 0 saturated heterocycles. The number of aromatic nitrogens is 2. The van der Waals surface area contributed by atoms with Crippen LogP contribution >= 0.6 is 0 Å². The highest BCUT2D eigenvalue weighted by atomic mass is 15.1. The van der Waals surface area contributed by atoms with Crippen molar-refractivity contribution in [2.45, 2.75) is 64.3 Å². The molecule has 0 bridgehead atoms. The molecule has 84 valence electrons. The summed E-state index contributed by atoms with van der Waals surface area (Å²) in [4.78, 5) is 4.47. The maximum Gasteiger partial charge on any atom is 0.108 e. The normalized spacial score (nSPS) is 19.0. The third-order valence-electron chi connectivity index (χ3n) is 3.44. The van der Waals surface area contributed by atoms with Crippen LogP contribution in [0.15, 0.2) is 12.4 Å². The highest BCUT2D eigenvalue weighted by Gasteiger charge is 2.15. The van der Waals surface area contributed by atoms with Crippen LogP contribution in [0, 0.1) is 0 Å². The predicted octanol–water partition coefficient (Wildman–Crippen LogP) is 3.73. The van der Waals surface area contributed by atoms with Gasteiger partial charge in [-0.3, -0.25) is 0 Å². The van der Waals surface area contributed by atoms with E-state index in [2.05, 4.69) is 22.7 Å². The van der Waals surface area contributed by atoms with Gasteiger partial charge in [0.15, 0.2) is 0 Å². The van der Waals surface area contributed by atoms with Crippen molar-refractivity contribution in [1.29, 1.82) is 0 Å². The Balaban J connectivity index is 2.08. The smallest absolute Gasteiger partial charge is 0.108 e. The largest absolute Gasteiger partial charge is 0.332 e. The summed E-state index contributed by atoms with van der Waals surface area (Å²) in [5, 5.41) is 0. The average Bonchev–Trinajstić information content (AvgIpc) is 2.53. The van der Waals surface area contributed by atoms with Crippen molar-refractivity contribution in [1.82, 2.24) is 9.55 Å². The molecule has 0 atom stereocenters. The van der Waals surface area contributed by atoms with Gasteiger partial charge in [-0.25, -0.2) is 4.98 Å². The second-order valence-corrected chi connectivity index (χ2v) is 4.65. The fourth-order valence-electron chi connectivity index (χ4n) is 2.63. The van der Waals surface area contributed by atoms with E-state index in [0.29, 0.717) is 0 Å². The Morgan fingerprint density at radius 1 is 1.27 bits per heavy atom. The molecular formula is C13H22N2. The Bertz CT molecular complexity index is 282. The van der Waals surface area contributed by atoms with Gasteiger partial charge in [-0.2, -0.15) is 0 Å². The van der Waals surface area contributed by atoms with Gasteiger partial charge in [0.1, 0.15) is 5.82 Å². The van der Waals surface area contributed by atoms with Gasteiger partial charge >= 0.3 is 0 Å². The molecule has 0 unspecified atom stereocenters. The molecule has 2 nitrogen and oxygen atoms in total. The van der Waals surface area contributed by atoms with Crippen molar-refractivity contribution in [2.75, 3.05) is 0 Å². The molecule has 2 heteroatoms. The Morgan fingerprint density at radius 2 is 2.00 bits per heavy atom. The summed E-state index contributed by atoms with van der Waals surface area (Å²) in [6.45, 7) is 2.23. The molecule has 1 aromatic heterocycles. The van der Waals surface area contributed by atoms with E-state index in [1.807, 2.05) is 6.20 Å². The molecule has 1 aliphatic carbocycles. The first-order valence-corrected chi connectivity index (χ1v) is 6.43. The van der Waals surface area contributed by atoms with Gasteiger partial charge < -0.3 is 4.57 Å². The fourth-order valence-corrected chi connectivity index (χ4v) is 2.63. The molecule has 0 aliphatic heterocycles. The van der Waals surface area contributed by atoms with E-state index in [-0.39, 0.29) is 0 Å². The van der Waals surface area contributed by atoms with Crippen molar-refractivity contribution >= 4 is 0 Å². The summed E-state index contributed by atoms with van der Waals surface area (Å²) in [5.41, 5.74) is 0. The Morgan fingerprint density at radius 3 is 2.67 bits per heavy atom. The molecule has 1 heterocycles. The molecule has 15 heavy (non-hydrogen) atoms. The van der Waals surface area contributed by atoms with E-state index < -0.39 is 0 Å². The SMILES string of the molecule is CCCc1nccn1C1CCCCCC1. The standard InChI is InChI=1S/C13H22N2/c1-2-7-13-14-10-11-15(13)12-8-5-3-4-6-9-12/h10-12H,2-9H2,1H3. The van der Waals surface area contributed by atoms with E-state index in [1.165, 1.54) is 50.8 Å². The Labute approximate surface area is 92.7 Å². The summed E-state index contributed by atoms with van der Waals surface area (Å²) >= 11 is 0. The van der Waals surface area contributed by atoms with Crippen molar-refractivity contribution in [3.05, 3.63) is 18.2 Å². The molecule has 1 aromatic rings. The molecule has 1 aliphatic rings. The van der Waals surface area contributed by atoms with Crippen LogP contribution in [0.1, 0.15) is 63.7 Å². The Kier molecular flexibility index (Phi) is 3.81. The first-order valence-electron chi connectivity index (χ1n) is 6.43. The van der Waals surface area contributed by atoms with Gasteiger partial charge in [-0.15, -0.1) is 0 Å². The molecular weight excluding hydrogens is 184 g/mol. The van der Waals surface area contributed by atoms with Crippen LogP contribution in [-0.4, -0.2) is 9.55 Å². The summed E-state index contributed by atoms with van der Waals surface area (Å²) in [5.74, 6) is 1.30. The molecule has 2 rings (SSSR count). The summed E-state index contributed by atoms with van der Waals surface area (Å²) in [6, 6.07) is 0.733. The Hall–Kier alpha value is -0.790. The number of hydrogen-bond donors (Lipinski definition) is 0. The number of nitrogens with zero attached hydrogens (tertiary/aromatic N) is 2. The van der Waals surface area contributed by atoms with Crippen LogP contribution in [0.3, 0.4) is 0 Å². The first kappa shape index (κ1) is 10.7. The van der Waals surface area contributed by atoms with Gasteiger partial charge in [0.05, 0.1) is 0 Å². The molecule has 0 N–H and O–H groups in total. The van der Waals surface area contributed by atoms with Crippen LogP contribution in [0.4, 0.5) is 0 Å². The molecule has 0 radical (unpaired) electrons. The molecule has 1 saturated carbocycles. The zero-order chi connectivity index (χ0) is 10.5. The summed E-state index contributed by atoms with van der Waals surface area (Å²) < 4.78 is 2.44. The molecule has 1 fully saturated rings. The van der Waals surface area contributed by atoms with Crippen molar-refractivity contribution in [2.24, 2.45) is 0 Å². The lowest BCUT2D eigenvalue weighted by molar-refractivity contribution is 0.429. The lowest BCUT2D eigenvalue weighted by Crippen LogP contribution is -2.10. The number of aryl methyl sites for hydroxylation is 1. The molecule has 0 amide bonds. The van der Waals surface area contributed by atoms with Crippen LogP contribution in [0.2, 0.25) is 0 Å². The fraction of sp³-hybridized carbons (Fsp3) is 0.769. The second-order valence-electron chi connectivity index (χ2n) is 4.65. The van der Waals surface area contributed by atoms with E-state index >= 15 is 0 Å². The zero-order valence-corrected chi connectivity index (χ0v) is 9.78. The van der Waals surface area contributed by atoms with Crippen molar-refractivity contribution in [3.63, 3.8) is 0 Å².